The zero-order valence-electron chi connectivity index (χ0n) is 15.6. The van der Waals surface area contributed by atoms with Crippen molar-refractivity contribution < 1.29 is 4.74 Å². The Morgan fingerprint density at radius 3 is 2.78 bits per heavy atom. The highest BCUT2D eigenvalue weighted by molar-refractivity contribution is 14.0. The summed E-state index contributed by atoms with van der Waals surface area (Å²) in [4.78, 5) is 9.84. The maximum Gasteiger partial charge on any atom is 0.213 e. The van der Waals surface area contributed by atoms with Crippen molar-refractivity contribution in [2.24, 2.45) is 10.9 Å². The summed E-state index contributed by atoms with van der Waals surface area (Å²) in [7, 11) is 1.79. The summed E-state index contributed by atoms with van der Waals surface area (Å²) in [5.41, 5.74) is 1.13. The summed E-state index contributed by atoms with van der Waals surface area (Å²) in [6.07, 6.45) is 4.36. The lowest BCUT2D eigenvalue weighted by molar-refractivity contribution is 0.288. The van der Waals surface area contributed by atoms with Crippen LogP contribution in [0.15, 0.2) is 58.5 Å². The molecule has 0 amide bonds. The molecule has 0 unspecified atom stereocenters. The first-order valence-electron chi connectivity index (χ1n) is 9.03. The van der Waals surface area contributed by atoms with E-state index >= 15 is 0 Å². The van der Waals surface area contributed by atoms with E-state index in [9.17, 15) is 0 Å². The Kier molecular flexibility index (Phi) is 9.75. The minimum atomic E-state index is 0. The van der Waals surface area contributed by atoms with Crippen LogP contribution in [0, 0.1) is 5.92 Å². The molecule has 1 aliphatic rings. The van der Waals surface area contributed by atoms with Crippen LogP contribution in [-0.4, -0.2) is 36.9 Å². The van der Waals surface area contributed by atoms with Crippen molar-refractivity contribution in [2.75, 3.05) is 26.0 Å². The van der Waals surface area contributed by atoms with Gasteiger partial charge >= 0.3 is 0 Å². The molecule has 5 nitrogen and oxygen atoms in total. The molecule has 1 aromatic heterocycles. The number of nitrogens with zero attached hydrogens (tertiary/aromatic N) is 2. The van der Waals surface area contributed by atoms with Crippen molar-refractivity contribution in [3.8, 4) is 5.88 Å². The van der Waals surface area contributed by atoms with Crippen LogP contribution in [0.5, 0.6) is 5.88 Å². The van der Waals surface area contributed by atoms with E-state index in [1.807, 2.05) is 30.0 Å². The van der Waals surface area contributed by atoms with Gasteiger partial charge in [-0.15, -0.1) is 35.7 Å². The van der Waals surface area contributed by atoms with Crippen molar-refractivity contribution in [1.82, 2.24) is 15.6 Å². The van der Waals surface area contributed by atoms with Crippen molar-refractivity contribution in [2.45, 2.75) is 24.3 Å². The number of benzene rings is 1. The molecule has 146 valence electrons. The fourth-order valence-electron chi connectivity index (χ4n) is 2.39. The number of aliphatic imine (C=N–C) groups is 1. The number of pyridine rings is 1. The minimum absolute atomic E-state index is 0. The molecule has 1 aromatic carbocycles. The molecule has 1 aliphatic carbocycles. The van der Waals surface area contributed by atoms with E-state index < -0.39 is 0 Å². The second-order valence-corrected chi connectivity index (χ2v) is 7.44. The molecule has 3 rings (SSSR count). The van der Waals surface area contributed by atoms with Crippen LogP contribution in [0.25, 0.3) is 0 Å². The van der Waals surface area contributed by atoms with Crippen molar-refractivity contribution >= 4 is 41.7 Å². The Bertz CT molecular complexity index is 710. The van der Waals surface area contributed by atoms with Crippen LogP contribution in [-0.2, 0) is 6.54 Å². The number of guanidine groups is 1. The molecule has 1 heterocycles. The average Bonchev–Trinajstić information content (AvgIpc) is 3.51. The number of halogens is 1. The van der Waals surface area contributed by atoms with Gasteiger partial charge in [0.1, 0.15) is 0 Å². The van der Waals surface area contributed by atoms with E-state index in [4.69, 9.17) is 4.74 Å². The van der Waals surface area contributed by atoms with Gasteiger partial charge in [0, 0.05) is 43.0 Å². The predicted octanol–water partition coefficient (Wildman–Crippen LogP) is 3.95. The molecule has 7 heteroatoms. The molecule has 27 heavy (non-hydrogen) atoms. The predicted molar refractivity (Wildman–Crippen MR) is 123 cm³/mol. The van der Waals surface area contributed by atoms with E-state index in [0.29, 0.717) is 12.4 Å². The van der Waals surface area contributed by atoms with Crippen LogP contribution >= 0.6 is 35.7 Å². The fraction of sp³-hybridized carbons (Fsp3) is 0.400. The standard InChI is InChI=1S/C20H26N4OS.HI/c1-21-20(23-11-12-26-18-5-3-2-4-6-18)24-14-17-9-10-22-19(13-17)25-15-16-7-8-16;/h2-6,9-10,13,16H,7-8,11-12,14-15H2,1H3,(H2,21,23,24);1H. The number of hydrogen-bond acceptors (Lipinski definition) is 4. The monoisotopic (exact) mass is 498 g/mol. The van der Waals surface area contributed by atoms with Crippen molar-refractivity contribution in [3.63, 3.8) is 0 Å². The van der Waals surface area contributed by atoms with Gasteiger partial charge in [-0.1, -0.05) is 18.2 Å². The fourth-order valence-corrected chi connectivity index (χ4v) is 3.18. The summed E-state index contributed by atoms with van der Waals surface area (Å²) in [5, 5.41) is 6.68. The topological polar surface area (TPSA) is 58.5 Å². The van der Waals surface area contributed by atoms with E-state index in [0.717, 1.165) is 36.3 Å². The Labute approximate surface area is 182 Å². The van der Waals surface area contributed by atoms with Gasteiger partial charge in [0.2, 0.25) is 5.88 Å². The van der Waals surface area contributed by atoms with Crippen molar-refractivity contribution in [1.29, 1.82) is 0 Å². The zero-order chi connectivity index (χ0) is 18.0. The van der Waals surface area contributed by atoms with E-state index in [1.165, 1.54) is 17.7 Å². The smallest absolute Gasteiger partial charge is 0.213 e. The van der Waals surface area contributed by atoms with Gasteiger partial charge in [-0.05, 0) is 42.5 Å². The molecular formula is C20H27IN4OS. The molecule has 0 bridgehead atoms. The van der Waals surface area contributed by atoms with Gasteiger partial charge in [-0.3, -0.25) is 4.99 Å². The van der Waals surface area contributed by atoms with Gasteiger partial charge < -0.3 is 15.4 Å². The number of thioether (sulfide) groups is 1. The highest BCUT2D eigenvalue weighted by atomic mass is 127. The molecule has 0 spiro atoms. The normalized spacial score (nSPS) is 13.6. The number of rotatable bonds is 9. The number of ether oxygens (including phenoxy) is 1. The molecule has 1 saturated carbocycles. The third-order valence-corrected chi connectivity index (χ3v) is 5.07. The maximum atomic E-state index is 5.74. The lowest BCUT2D eigenvalue weighted by Gasteiger charge is -2.12. The first-order chi connectivity index (χ1) is 12.8. The largest absolute Gasteiger partial charge is 0.477 e. The number of aromatic nitrogens is 1. The number of nitrogens with one attached hydrogen (secondary N) is 2. The Morgan fingerprint density at radius 2 is 2.04 bits per heavy atom. The van der Waals surface area contributed by atoms with Crippen LogP contribution in [0.2, 0.25) is 0 Å². The van der Waals surface area contributed by atoms with Crippen LogP contribution < -0.4 is 15.4 Å². The Hall–Kier alpha value is -1.48. The summed E-state index contributed by atoms with van der Waals surface area (Å²) in [6, 6.07) is 14.4. The highest BCUT2D eigenvalue weighted by Gasteiger charge is 2.22. The molecule has 2 aromatic rings. The van der Waals surface area contributed by atoms with Crippen molar-refractivity contribution in [3.05, 3.63) is 54.2 Å². The lowest BCUT2D eigenvalue weighted by Crippen LogP contribution is -2.37. The summed E-state index contributed by atoms with van der Waals surface area (Å²) < 4.78 is 5.74. The van der Waals surface area contributed by atoms with E-state index in [1.54, 1.807) is 13.2 Å². The second kappa shape index (κ2) is 12.1. The van der Waals surface area contributed by atoms with E-state index in [-0.39, 0.29) is 24.0 Å². The zero-order valence-corrected chi connectivity index (χ0v) is 18.7. The average molecular weight is 498 g/mol. The second-order valence-electron chi connectivity index (χ2n) is 6.27. The third kappa shape index (κ3) is 8.38. The van der Waals surface area contributed by atoms with Crippen LogP contribution in [0.4, 0.5) is 0 Å². The highest BCUT2D eigenvalue weighted by Crippen LogP contribution is 2.29. The summed E-state index contributed by atoms with van der Waals surface area (Å²) >= 11 is 1.83. The summed E-state index contributed by atoms with van der Waals surface area (Å²) in [5.74, 6) is 3.23. The minimum Gasteiger partial charge on any atom is -0.477 e. The van der Waals surface area contributed by atoms with Gasteiger partial charge in [0.05, 0.1) is 6.61 Å². The molecule has 0 atom stereocenters. The van der Waals surface area contributed by atoms with Gasteiger partial charge in [0.25, 0.3) is 0 Å². The van der Waals surface area contributed by atoms with Gasteiger partial charge in [0.15, 0.2) is 5.96 Å². The molecule has 0 aliphatic heterocycles. The summed E-state index contributed by atoms with van der Waals surface area (Å²) in [6.45, 7) is 2.32. The Morgan fingerprint density at radius 1 is 1.22 bits per heavy atom. The van der Waals surface area contributed by atoms with E-state index in [2.05, 4.69) is 44.9 Å². The third-order valence-electron chi connectivity index (χ3n) is 4.05. The first kappa shape index (κ1) is 21.8. The molecule has 0 saturated heterocycles. The quantitative estimate of drug-likeness (QED) is 0.180. The van der Waals surface area contributed by atoms with Crippen LogP contribution in [0.1, 0.15) is 18.4 Å². The molecule has 0 radical (unpaired) electrons. The lowest BCUT2D eigenvalue weighted by atomic mass is 10.2. The molecular weight excluding hydrogens is 471 g/mol. The number of hydrogen-bond donors (Lipinski definition) is 2. The van der Waals surface area contributed by atoms with Crippen LogP contribution in [0.3, 0.4) is 0 Å². The van der Waals surface area contributed by atoms with Gasteiger partial charge in [-0.25, -0.2) is 4.98 Å². The SMILES string of the molecule is CN=C(NCCSc1ccccc1)NCc1ccnc(OCC2CC2)c1.I. The molecule has 2 N–H and O–H groups in total. The molecule has 1 fully saturated rings. The van der Waals surface area contributed by atoms with Gasteiger partial charge in [-0.2, -0.15) is 0 Å². The maximum absolute atomic E-state index is 5.74. The first-order valence-corrected chi connectivity index (χ1v) is 10.0. The Balaban J connectivity index is 0.00000261.